The van der Waals surface area contributed by atoms with E-state index in [1.54, 1.807) is 0 Å². The van der Waals surface area contributed by atoms with Gasteiger partial charge in [0.2, 0.25) is 0 Å². The summed E-state index contributed by atoms with van der Waals surface area (Å²) < 4.78 is 0. The highest BCUT2D eigenvalue weighted by Gasteiger charge is 2.11. The molecule has 0 heterocycles. The molecule has 0 saturated heterocycles. The third-order valence-electron chi connectivity index (χ3n) is 2.34. The first-order chi connectivity index (χ1) is 7.01. The average molecular weight is 208 g/mol. The van der Waals surface area contributed by atoms with Gasteiger partial charge in [0.05, 0.1) is 13.2 Å². The lowest BCUT2D eigenvalue weighted by atomic mass is 9.97. The molecule has 0 aliphatic heterocycles. The molecule has 0 amide bonds. The Bertz CT molecular complexity index is 284. The molecule has 0 unspecified atom stereocenters. The van der Waals surface area contributed by atoms with Gasteiger partial charge < -0.3 is 10.4 Å². The number of quaternary nitrogens is 1. The SMILES string of the molecule is CC(C)(C)C[NH2+]Cc1ccc(CO)cc1. The second-order valence-corrected chi connectivity index (χ2v) is 5.23. The maximum Gasteiger partial charge on any atom is 0.101 e. The molecular formula is C13H22NO+. The fourth-order valence-corrected chi connectivity index (χ4v) is 1.45. The molecule has 15 heavy (non-hydrogen) atoms. The molecule has 0 bridgehead atoms. The fraction of sp³-hybridized carbons (Fsp3) is 0.538. The third-order valence-corrected chi connectivity index (χ3v) is 2.34. The van der Waals surface area contributed by atoms with Crippen molar-refractivity contribution in [3.8, 4) is 0 Å². The lowest BCUT2D eigenvalue weighted by molar-refractivity contribution is -0.680. The zero-order chi connectivity index (χ0) is 11.3. The van der Waals surface area contributed by atoms with Crippen LogP contribution in [0.3, 0.4) is 0 Å². The molecule has 0 aliphatic rings. The minimum atomic E-state index is 0.131. The highest BCUT2D eigenvalue weighted by molar-refractivity contribution is 5.21. The molecule has 2 nitrogen and oxygen atoms in total. The highest BCUT2D eigenvalue weighted by Crippen LogP contribution is 2.08. The summed E-state index contributed by atoms with van der Waals surface area (Å²) in [5, 5.41) is 11.2. The van der Waals surface area contributed by atoms with E-state index in [0.717, 1.165) is 18.7 Å². The van der Waals surface area contributed by atoms with Gasteiger partial charge in [-0.05, 0) is 5.56 Å². The van der Waals surface area contributed by atoms with Crippen molar-refractivity contribution in [1.82, 2.24) is 0 Å². The largest absolute Gasteiger partial charge is 0.392 e. The zero-order valence-electron chi connectivity index (χ0n) is 9.96. The first-order valence-electron chi connectivity index (χ1n) is 5.51. The van der Waals surface area contributed by atoms with Gasteiger partial charge in [-0.15, -0.1) is 0 Å². The van der Waals surface area contributed by atoms with Crippen LogP contribution in [-0.4, -0.2) is 11.7 Å². The first kappa shape index (κ1) is 12.2. The van der Waals surface area contributed by atoms with Crippen LogP contribution in [0.1, 0.15) is 31.9 Å². The van der Waals surface area contributed by atoms with Gasteiger partial charge in [0, 0.05) is 11.0 Å². The second kappa shape index (κ2) is 5.29. The molecule has 0 radical (unpaired) electrons. The molecule has 1 aromatic rings. The molecule has 2 heteroatoms. The second-order valence-electron chi connectivity index (χ2n) is 5.23. The minimum absolute atomic E-state index is 0.131. The molecule has 84 valence electrons. The van der Waals surface area contributed by atoms with Gasteiger partial charge in [0.15, 0.2) is 0 Å². The fourth-order valence-electron chi connectivity index (χ4n) is 1.45. The van der Waals surface area contributed by atoms with Crippen LogP contribution < -0.4 is 5.32 Å². The molecular weight excluding hydrogens is 186 g/mol. The Kier molecular flexibility index (Phi) is 4.30. The number of aliphatic hydroxyl groups is 1. The maximum absolute atomic E-state index is 8.90. The van der Waals surface area contributed by atoms with Crippen molar-refractivity contribution in [2.24, 2.45) is 5.41 Å². The van der Waals surface area contributed by atoms with Crippen molar-refractivity contribution in [2.45, 2.75) is 33.9 Å². The van der Waals surface area contributed by atoms with Crippen LogP contribution in [0.2, 0.25) is 0 Å². The summed E-state index contributed by atoms with van der Waals surface area (Å²) in [7, 11) is 0. The molecule has 0 atom stereocenters. The van der Waals surface area contributed by atoms with Crippen molar-refractivity contribution >= 4 is 0 Å². The van der Waals surface area contributed by atoms with Crippen LogP contribution in [0, 0.1) is 5.41 Å². The van der Waals surface area contributed by atoms with E-state index in [0.29, 0.717) is 5.41 Å². The molecule has 0 fully saturated rings. The smallest absolute Gasteiger partial charge is 0.101 e. The number of hydrogen-bond acceptors (Lipinski definition) is 1. The van der Waals surface area contributed by atoms with E-state index in [-0.39, 0.29) is 6.61 Å². The highest BCUT2D eigenvalue weighted by atomic mass is 16.3. The Balaban J connectivity index is 2.38. The molecule has 0 spiro atoms. The monoisotopic (exact) mass is 208 g/mol. The normalized spacial score (nSPS) is 11.7. The Morgan fingerprint density at radius 1 is 1.07 bits per heavy atom. The third kappa shape index (κ3) is 4.96. The number of nitrogens with two attached hydrogens (primary N) is 1. The van der Waals surface area contributed by atoms with Gasteiger partial charge in [-0.1, -0.05) is 45.0 Å². The van der Waals surface area contributed by atoms with E-state index in [1.807, 2.05) is 12.1 Å². The van der Waals surface area contributed by atoms with Gasteiger partial charge in [0.25, 0.3) is 0 Å². The Morgan fingerprint density at radius 2 is 1.60 bits per heavy atom. The van der Waals surface area contributed by atoms with Crippen LogP contribution in [0.4, 0.5) is 0 Å². The van der Waals surface area contributed by atoms with Crippen molar-refractivity contribution in [3.05, 3.63) is 35.4 Å². The number of aliphatic hydroxyl groups excluding tert-OH is 1. The van der Waals surface area contributed by atoms with Crippen molar-refractivity contribution in [2.75, 3.05) is 6.54 Å². The van der Waals surface area contributed by atoms with Crippen LogP contribution >= 0.6 is 0 Å². The predicted octanol–water partition coefficient (Wildman–Crippen LogP) is 1.29. The first-order valence-corrected chi connectivity index (χ1v) is 5.51. The Morgan fingerprint density at radius 3 is 2.07 bits per heavy atom. The van der Waals surface area contributed by atoms with Crippen LogP contribution in [-0.2, 0) is 13.2 Å². The van der Waals surface area contributed by atoms with Gasteiger partial charge in [-0.25, -0.2) is 0 Å². The van der Waals surface area contributed by atoms with Crippen LogP contribution in [0.5, 0.6) is 0 Å². The van der Waals surface area contributed by atoms with E-state index < -0.39 is 0 Å². The van der Waals surface area contributed by atoms with Crippen molar-refractivity contribution in [1.29, 1.82) is 0 Å². The van der Waals surface area contributed by atoms with Gasteiger partial charge >= 0.3 is 0 Å². The van der Waals surface area contributed by atoms with E-state index in [2.05, 4.69) is 38.2 Å². The predicted molar refractivity (Wildman–Crippen MR) is 62.3 cm³/mol. The van der Waals surface area contributed by atoms with Crippen molar-refractivity contribution in [3.63, 3.8) is 0 Å². The van der Waals surface area contributed by atoms with Crippen LogP contribution in [0.15, 0.2) is 24.3 Å². The summed E-state index contributed by atoms with van der Waals surface area (Å²) >= 11 is 0. The summed E-state index contributed by atoms with van der Waals surface area (Å²) in [5.74, 6) is 0. The minimum Gasteiger partial charge on any atom is -0.392 e. The van der Waals surface area contributed by atoms with Crippen molar-refractivity contribution < 1.29 is 10.4 Å². The molecule has 3 N–H and O–H groups in total. The van der Waals surface area contributed by atoms with Gasteiger partial charge in [0.1, 0.15) is 6.54 Å². The van der Waals surface area contributed by atoms with E-state index in [4.69, 9.17) is 5.11 Å². The Labute approximate surface area is 92.3 Å². The van der Waals surface area contributed by atoms with Gasteiger partial charge in [-0.3, -0.25) is 0 Å². The number of benzene rings is 1. The van der Waals surface area contributed by atoms with Gasteiger partial charge in [-0.2, -0.15) is 0 Å². The lowest BCUT2D eigenvalue weighted by Gasteiger charge is -2.15. The average Bonchev–Trinajstić information content (AvgIpc) is 2.17. The molecule has 0 aromatic heterocycles. The zero-order valence-corrected chi connectivity index (χ0v) is 9.96. The topological polar surface area (TPSA) is 36.8 Å². The molecule has 0 aliphatic carbocycles. The van der Waals surface area contributed by atoms with E-state index in [1.165, 1.54) is 5.56 Å². The standard InChI is InChI=1S/C13H21NO/c1-13(2,3)10-14-8-11-4-6-12(9-15)7-5-11/h4-7,14-15H,8-10H2,1-3H3/p+1. The van der Waals surface area contributed by atoms with E-state index >= 15 is 0 Å². The summed E-state index contributed by atoms with van der Waals surface area (Å²) in [6, 6.07) is 8.15. The lowest BCUT2D eigenvalue weighted by Crippen LogP contribution is -2.84. The quantitative estimate of drug-likeness (QED) is 0.768. The molecule has 0 saturated carbocycles. The summed E-state index contributed by atoms with van der Waals surface area (Å²) in [6.45, 7) is 9.03. The summed E-state index contributed by atoms with van der Waals surface area (Å²) in [4.78, 5) is 0. The van der Waals surface area contributed by atoms with E-state index in [9.17, 15) is 0 Å². The summed E-state index contributed by atoms with van der Waals surface area (Å²) in [6.07, 6.45) is 0. The molecule has 1 aromatic carbocycles. The maximum atomic E-state index is 8.90. The van der Waals surface area contributed by atoms with Crippen LogP contribution in [0.25, 0.3) is 0 Å². The molecule has 1 rings (SSSR count). The summed E-state index contributed by atoms with van der Waals surface area (Å²) in [5.41, 5.74) is 2.68. The number of hydrogen-bond donors (Lipinski definition) is 2. The Hall–Kier alpha value is -0.860. The number of rotatable bonds is 4.